The second-order valence-corrected chi connectivity index (χ2v) is 6.93. The SMILES string of the molecule is C[C@@H](Nc1c(C(N)=O)cnn2cc(Br)cc12)C(C)(C)C. The Morgan fingerprint density at radius 1 is 1.50 bits per heavy atom. The number of anilines is 1. The van der Waals surface area contributed by atoms with Gasteiger partial charge in [0.25, 0.3) is 5.91 Å². The molecular formula is C14H19BrN4O. The molecule has 2 aromatic heterocycles. The maximum atomic E-state index is 11.6. The van der Waals surface area contributed by atoms with Crippen molar-refractivity contribution in [3.05, 3.63) is 28.5 Å². The largest absolute Gasteiger partial charge is 0.380 e. The van der Waals surface area contributed by atoms with Gasteiger partial charge in [0, 0.05) is 16.7 Å². The Bertz CT molecular complexity index is 657. The average molecular weight is 339 g/mol. The molecule has 0 bridgehead atoms. The van der Waals surface area contributed by atoms with Gasteiger partial charge in [-0.1, -0.05) is 20.8 Å². The number of nitrogens with one attached hydrogen (secondary N) is 1. The third-order valence-electron chi connectivity index (χ3n) is 3.53. The zero-order valence-corrected chi connectivity index (χ0v) is 13.7. The summed E-state index contributed by atoms with van der Waals surface area (Å²) in [6.07, 6.45) is 3.34. The summed E-state index contributed by atoms with van der Waals surface area (Å²) >= 11 is 3.42. The monoisotopic (exact) mass is 338 g/mol. The first-order valence-electron chi connectivity index (χ1n) is 6.43. The van der Waals surface area contributed by atoms with Gasteiger partial charge in [0.1, 0.15) is 0 Å². The second kappa shape index (κ2) is 5.09. The minimum absolute atomic E-state index is 0.0546. The van der Waals surface area contributed by atoms with Gasteiger partial charge in [-0.3, -0.25) is 4.79 Å². The summed E-state index contributed by atoms with van der Waals surface area (Å²) < 4.78 is 2.62. The number of halogens is 1. The van der Waals surface area contributed by atoms with Crippen LogP contribution in [0.25, 0.3) is 5.52 Å². The molecule has 1 atom stereocenters. The van der Waals surface area contributed by atoms with Crippen LogP contribution >= 0.6 is 15.9 Å². The molecule has 0 aliphatic rings. The second-order valence-electron chi connectivity index (χ2n) is 6.02. The standard InChI is InChI=1S/C14H19BrN4O/c1-8(14(2,3)4)18-12-10(13(16)20)6-17-19-7-9(15)5-11(12)19/h5-8,18H,1-4H3,(H2,16,20)/t8-/m1/s1. The van der Waals surface area contributed by atoms with Crippen molar-refractivity contribution < 1.29 is 4.79 Å². The highest BCUT2D eigenvalue weighted by Crippen LogP contribution is 2.29. The first-order valence-corrected chi connectivity index (χ1v) is 7.22. The fourth-order valence-corrected chi connectivity index (χ4v) is 2.21. The summed E-state index contributed by atoms with van der Waals surface area (Å²) in [7, 11) is 0. The van der Waals surface area contributed by atoms with Gasteiger partial charge in [-0.05, 0) is 34.3 Å². The lowest BCUT2D eigenvalue weighted by atomic mass is 9.88. The van der Waals surface area contributed by atoms with E-state index in [1.165, 1.54) is 6.20 Å². The van der Waals surface area contributed by atoms with Crippen molar-refractivity contribution in [3.8, 4) is 0 Å². The van der Waals surface area contributed by atoms with Gasteiger partial charge in [-0.15, -0.1) is 0 Å². The van der Waals surface area contributed by atoms with Gasteiger partial charge >= 0.3 is 0 Å². The van der Waals surface area contributed by atoms with E-state index >= 15 is 0 Å². The summed E-state index contributed by atoms with van der Waals surface area (Å²) in [4.78, 5) is 11.6. The molecule has 3 N–H and O–H groups in total. The summed E-state index contributed by atoms with van der Waals surface area (Å²) in [6.45, 7) is 8.50. The smallest absolute Gasteiger partial charge is 0.252 e. The molecule has 0 aliphatic carbocycles. The lowest BCUT2D eigenvalue weighted by molar-refractivity contribution is 0.100. The summed E-state index contributed by atoms with van der Waals surface area (Å²) in [5.41, 5.74) is 7.46. The minimum Gasteiger partial charge on any atom is -0.380 e. The van der Waals surface area contributed by atoms with E-state index in [9.17, 15) is 4.79 Å². The van der Waals surface area contributed by atoms with Crippen LogP contribution in [0.1, 0.15) is 38.1 Å². The highest BCUT2D eigenvalue weighted by Gasteiger charge is 2.23. The Morgan fingerprint density at radius 3 is 2.70 bits per heavy atom. The molecule has 6 heteroatoms. The van der Waals surface area contributed by atoms with E-state index in [-0.39, 0.29) is 11.5 Å². The molecule has 2 rings (SSSR count). The minimum atomic E-state index is -0.485. The van der Waals surface area contributed by atoms with Crippen molar-refractivity contribution in [1.29, 1.82) is 0 Å². The predicted octanol–water partition coefficient (Wildman–Crippen LogP) is 3.04. The topological polar surface area (TPSA) is 72.4 Å². The zero-order valence-electron chi connectivity index (χ0n) is 12.1. The molecule has 20 heavy (non-hydrogen) atoms. The number of fused-ring (bicyclic) bond motifs is 1. The third-order valence-corrected chi connectivity index (χ3v) is 3.96. The quantitative estimate of drug-likeness (QED) is 0.903. The highest BCUT2D eigenvalue weighted by molar-refractivity contribution is 9.10. The number of rotatable bonds is 3. The van der Waals surface area contributed by atoms with Crippen LogP contribution in [0.15, 0.2) is 22.9 Å². The van der Waals surface area contributed by atoms with Crippen LogP contribution in [-0.4, -0.2) is 21.6 Å². The van der Waals surface area contributed by atoms with Crippen molar-refractivity contribution in [1.82, 2.24) is 9.61 Å². The van der Waals surface area contributed by atoms with Gasteiger partial charge in [-0.25, -0.2) is 4.52 Å². The number of carbonyl (C=O) groups excluding carboxylic acids is 1. The number of amides is 1. The van der Waals surface area contributed by atoms with Crippen LogP contribution < -0.4 is 11.1 Å². The zero-order chi connectivity index (χ0) is 15.1. The number of primary amides is 1. The van der Waals surface area contributed by atoms with E-state index in [1.807, 2.05) is 12.3 Å². The number of aromatic nitrogens is 2. The molecule has 2 heterocycles. The molecule has 0 radical (unpaired) electrons. The fraction of sp³-hybridized carbons (Fsp3) is 0.429. The Kier molecular flexibility index (Phi) is 3.77. The van der Waals surface area contributed by atoms with E-state index in [0.717, 1.165) is 15.7 Å². The van der Waals surface area contributed by atoms with Gasteiger partial charge in [0.05, 0.1) is 23.0 Å². The van der Waals surface area contributed by atoms with Crippen molar-refractivity contribution in [2.75, 3.05) is 5.32 Å². The normalized spacial score (nSPS) is 13.4. The van der Waals surface area contributed by atoms with Crippen LogP contribution in [0, 0.1) is 5.41 Å². The lowest BCUT2D eigenvalue weighted by Crippen LogP contribution is -2.32. The van der Waals surface area contributed by atoms with E-state index in [4.69, 9.17) is 5.73 Å². The van der Waals surface area contributed by atoms with E-state index in [0.29, 0.717) is 5.56 Å². The van der Waals surface area contributed by atoms with E-state index < -0.39 is 5.91 Å². The first-order chi connectivity index (χ1) is 9.20. The summed E-state index contributed by atoms with van der Waals surface area (Å²) in [6, 6.07) is 2.08. The molecule has 0 aliphatic heterocycles. The number of nitrogens with zero attached hydrogens (tertiary/aromatic N) is 2. The maximum Gasteiger partial charge on any atom is 0.252 e. The van der Waals surface area contributed by atoms with Crippen LogP contribution in [-0.2, 0) is 0 Å². The Hall–Kier alpha value is -1.56. The molecular weight excluding hydrogens is 320 g/mol. The maximum absolute atomic E-state index is 11.6. The molecule has 0 saturated heterocycles. The van der Waals surface area contributed by atoms with Crippen molar-refractivity contribution in [2.45, 2.75) is 33.7 Å². The molecule has 0 aromatic carbocycles. The van der Waals surface area contributed by atoms with Gasteiger partial charge < -0.3 is 11.1 Å². The molecule has 0 spiro atoms. The summed E-state index contributed by atoms with van der Waals surface area (Å²) in [5, 5.41) is 7.60. The first kappa shape index (κ1) is 14.8. The number of hydrogen-bond acceptors (Lipinski definition) is 3. The third kappa shape index (κ3) is 2.80. The number of hydrogen-bond donors (Lipinski definition) is 2. The van der Waals surface area contributed by atoms with Crippen molar-refractivity contribution in [3.63, 3.8) is 0 Å². The molecule has 0 saturated carbocycles. The van der Waals surface area contributed by atoms with Crippen LogP contribution in [0.4, 0.5) is 5.69 Å². The highest BCUT2D eigenvalue weighted by atomic mass is 79.9. The van der Waals surface area contributed by atoms with E-state index in [2.05, 4.69) is 54.0 Å². The summed E-state index contributed by atoms with van der Waals surface area (Å²) in [5.74, 6) is -0.485. The van der Waals surface area contributed by atoms with Crippen molar-refractivity contribution in [2.24, 2.45) is 11.1 Å². The van der Waals surface area contributed by atoms with Crippen molar-refractivity contribution >= 4 is 33.0 Å². The predicted molar refractivity (Wildman–Crippen MR) is 83.9 cm³/mol. The Balaban J connectivity index is 2.58. The molecule has 2 aromatic rings. The van der Waals surface area contributed by atoms with Gasteiger partial charge in [0.15, 0.2) is 0 Å². The van der Waals surface area contributed by atoms with E-state index in [1.54, 1.807) is 4.52 Å². The molecule has 0 unspecified atom stereocenters. The van der Waals surface area contributed by atoms with Crippen LogP contribution in [0.2, 0.25) is 0 Å². The van der Waals surface area contributed by atoms with Gasteiger partial charge in [-0.2, -0.15) is 5.10 Å². The van der Waals surface area contributed by atoms with Crippen LogP contribution in [0.3, 0.4) is 0 Å². The number of nitrogens with two attached hydrogens (primary N) is 1. The molecule has 0 fully saturated rings. The molecule has 1 amide bonds. The Labute approximate surface area is 126 Å². The van der Waals surface area contributed by atoms with Crippen LogP contribution in [0.5, 0.6) is 0 Å². The lowest BCUT2D eigenvalue weighted by Gasteiger charge is -2.29. The fourth-order valence-electron chi connectivity index (χ4n) is 1.80. The number of carbonyl (C=O) groups is 1. The average Bonchev–Trinajstić information content (AvgIpc) is 2.68. The van der Waals surface area contributed by atoms with Gasteiger partial charge in [0.2, 0.25) is 0 Å². The molecule has 108 valence electrons. The Morgan fingerprint density at radius 2 is 2.15 bits per heavy atom. The molecule has 5 nitrogen and oxygen atoms in total.